The average Bonchev–Trinajstić information content (AvgIpc) is 4.35. The van der Waals surface area contributed by atoms with Crippen molar-refractivity contribution in [1.82, 2.24) is 0 Å². The average molecular weight is 1150 g/mol. The van der Waals surface area contributed by atoms with Crippen molar-refractivity contribution in [1.29, 1.82) is 0 Å². The number of esters is 4. The number of carbonyl (C=O) groups excluding carboxylic acids is 4. The molecule has 416 valence electrons. The lowest BCUT2D eigenvalue weighted by molar-refractivity contribution is 0.0716. The molecule has 0 aliphatic heterocycles. The Morgan fingerprint density at radius 3 is 0.787 bits per heavy atom. The third-order valence-corrected chi connectivity index (χ3v) is 18.7. The fourth-order valence-corrected chi connectivity index (χ4v) is 13.6. The van der Waals surface area contributed by atoms with Crippen LogP contribution in [0.4, 0.5) is 0 Å². The largest absolute Gasteiger partial charge is 0.422 e. The SMILES string of the molecule is CCCCCC1c2cccc(c2)C(CCCCC)c2cc(c(OC(=O)c3cccs3)cc2OC(=O)c2cccs2)C(CCCCC)c2cccc(c2)C(CCCCC)c2cc1c(OC(=O)c1cccs1)cc2OC(=O)c1cccs1. The highest BCUT2D eigenvalue weighted by atomic mass is 32.1. The van der Waals surface area contributed by atoms with E-state index in [4.69, 9.17) is 18.9 Å². The zero-order chi connectivity index (χ0) is 55.8. The van der Waals surface area contributed by atoms with Crippen molar-refractivity contribution < 1.29 is 38.1 Å². The van der Waals surface area contributed by atoms with Gasteiger partial charge in [0.05, 0.1) is 0 Å². The molecular weight excluding hydrogens is 1070 g/mol. The molecule has 12 heteroatoms. The van der Waals surface area contributed by atoms with Crippen LogP contribution in [0.25, 0.3) is 0 Å². The third kappa shape index (κ3) is 14.4. The third-order valence-electron chi connectivity index (χ3n) is 15.3. The summed E-state index contributed by atoms with van der Waals surface area (Å²) in [5.41, 5.74) is 7.60. The van der Waals surface area contributed by atoms with Gasteiger partial charge >= 0.3 is 23.9 Å². The van der Waals surface area contributed by atoms with E-state index in [0.29, 0.717) is 42.5 Å². The van der Waals surface area contributed by atoms with Gasteiger partial charge in [0.15, 0.2) is 0 Å². The molecule has 0 spiro atoms. The molecule has 0 saturated carbocycles. The first kappa shape index (κ1) is 58.2. The van der Waals surface area contributed by atoms with E-state index in [1.54, 1.807) is 24.3 Å². The van der Waals surface area contributed by atoms with Crippen LogP contribution in [-0.4, -0.2) is 23.9 Å². The van der Waals surface area contributed by atoms with Gasteiger partial charge in [0.1, 0.15) is 42.5 Å². The molecule has 4 aromatic carbocycles. The van der Waals surface area contributed by atoms with Crippen LogP contribution < -0.4 is 18.9 Å². The summed E-state index contributed by atoms with van der Waals surface area (Å²) in [4.78, 5) is 59.2. The van der Waals surface area contributed by atoms with E-state index < -0.39 is 23.9 Å². The molecule has 0 saturated heterocycles. The minimum atomic E-state index is -0.477. The van der Waals surface area contributed by atoms with E-state index in [1.807, 2.05) is 57.9 Å². The van der Waals surface area contributed by atoms with Gasteiger partial charge in [-0.2, -0.15) is 0 Å². The lowest BCUT2D eigenvalue weighted by Gasteiger charge is -2.29. The van der Waals surface area contributed by atoms with Crippen molar-refractivity contribution in [2.75, 3.05) is 0 Å². The van der Waals surface area contributed by atoms with Crippen LogP contribution >= 0.6 is 45.3 Å². The highest BCUT2D eigenvalue weighted by molar-refractivity contribution is 7.12. The maximum absolute atomic E-state index is 14.3. The summed E-state index contributed by atoms with van der Waals surface area (Å²) in [6.45, 7) is 8.83. The van der Waals surface area contributed by atoms with Gasteiger partial charge in [-0.3, -0.25) is 0 Å². The van der Waals surface area contributed by atoms with Gasteiger partial charge < -0.3 is 18.9 Å². The zero-order valence-corrected chi connectivity index (χ0v) is 49.6. The van der Waals surface area contributed by atoms with E-state index in [-0.39, 0.29) is 23.7 Å². The molecule has 4 atom stereocenters. The van der Waals surface area contributed by atoms with Gasteiger partial charge in [-0.1, -0.05) is 178 Å². The molecule has 0 N–H and O–H groups in total. The van der Waals surface area contributed by atoms with Crippen LogP contribution in [-0.2, 0) is 0 Å². The normalized spacial score (nSPS) is 15.8. The minimum Gasteiger partial charge on any atom is -0.422 e. The highest BCUT2D eigenvalue weighted by Gasteiger charge is 2.33. The molecule has 8 aromatic rings. The molecule has 9 rings (SSSR count). The Morgan fingerprint density at radius 1 is 0.325 bits per heavy atom. The van der Waals surface area contributed by atoms with Crippen molar-refractivity contribution in [2.45, 2.75) is 154 Å². The minimum absolute atomic E-state index is 0.256. The molecule has 8 bridgehead atoms. The number of thiophene rings is 4. The number of carbonyl (C=O) groups is 4. The Kier molecular flexibility index (Phi) is 21.0. The Bertz CT molecular complexity index is 2860. The van der Waals surface area contributed by atoms with Gasteiger partial charge in [0.2, 0.25) is 0 Å². The summed E-state index contributed by atoms with van der Waals surface area (Å²) in [6, 6.07) is 40.1. The van der Waals surface area contributed by atoms with Crippen LogP contribution in [0.3, 0.4) is 0 Å². The van der Waals surface area contributed by atoms with Gasteiger partial charge in [0, 0.05) is 58.1 Å². The molecule has 0 fully saturated rings. The molecule has 80 heavy (non-hydrogen) atoms. The lowest BCUT2D eigenvalue weighted by atomic mass is 9.77. The molecule has 4 unspecified atom stereocenters. The standard InChI is InChI=1S/C68H72O8S4/c1-5-9-13-27-49-45-23-17-24-46(39-45)50(28-14-10-6-2)55-42-56(60(76-68(72)64-34-22-38-80-64)44-59(55)75-67(71)63-33-21-37-79-63)52(30-16-12-8-4)48-26-18-25-47(40-48)51(29-15-11-7-3)54-41-53(49)57(73-65(69)61-31-19-35-77-61)43-58(54)74-66(70)62-32-20-36-78-62/h17-26,31-44,49-52H,5-16,27-30H2,1-4H3. The van der Waals surface area contributed by atoms with E-state index in [2.05, 4.69) is 88.4 Å². The number of benzene rings is 4. The van der Waals surface area contributed by atoms with E-state index in [0.717, 1.165) is 147 Å². The van der Waals surface area contributed by atoms with E-state index >= 15 is 0 Å². The fourth-order valence-electron chi connectivity index (χ4n) is 11.2. The second-order valence-corrected chi connectivity index (χ2v) is 24.6. The molecule has 4 heterocycles. The molecule has 0 amide bonds. The Morgan fingerprint density at radius 2 is 0.575 bits per heavy atom. The first-order chi connectivity index (χ1) is 39.2. The fraction of sp³-hybridized carbons (Fsp3) is 0.353. The molecule has 1 aliphatic rings. The first-order valence-electron chi connectivity index (χ1n) is 28.8. The van der Waals surface area contributed by atoms with Gasteiger partial charge in [0.25, 0.3) is 0 Å². The second-order valence-electron chi connectivity index (χ2n) is 20.9. The van der Waals surface area contributed by atoms with Gasteiger partial charge in [-0.05, 0) is 106 Å². The van der Waals surface area contributed by atoms with Crippen LogP contribution in [0.2, 0.25) is 0 Å². The summed E-state index contributed by atoms with van der Waals surface area (Å²) in [6.07, 6.45) is 14.7. The topological polar surface area (TPSA) is 105 Å². The van der Waals surface area contributed by atoms with E-state index in [1.165, 1.54) is 45.3 Å². The second kappa shape index (κ2) is 28.8. The van der Waals surface area contributed by atoms with Crippen molar-refractivity contribution in [3.63, 3.8) is 0 Å². The maximum atomic E-state index is 14.3. The van der Waals surface area contributed by atoms with Crippen molar-refractivity contribution in [2.24, 2.45) is 0 Å². The Labute approximate surface area is 488 Å². The number of rotatable bonds is 24. The number of hydrogen-bond acceptors (Lipinski definition) is 12. The monoisotopic (exact) mass is 1140 g/mol. The Hall–Kier alpha value is -6.44. The summed E-state index contributed by atoms with van der Waals surface area (Å²) in [5.74, 6) is -1.52. The quantitative estimate of drug-likeness (QED) is 0.0335. The molecule has 0 radical (unpaired) electrons. The summed E-state index contributed by atoms with van der Waals surface area (Å²) >= 11 is 5.30. The smallest absolute Gasteiger partial charge is 0.353 e. The zero-order valence-electron chi connectivity index (χ0n) is 46.4. The molecular formula is C68H72O8S4. The van der Waals surface area contributed by atoms with Gasteiger partial charge in [-0.25, -0.2) is 19.2 Å². The van der Waals surface area contributed by atoms with Crippen molar-refractivity contribution >= 4 is 69.2 Å². The van der Waals surface area contributed by atoms with Crippen LogP contribution in [0.5, 0.6) is 23.0 Å². The lowest BCUT2D eigenvalue weighted by Crippen LogP contribution is -2.17. The van der Waals surface area contributed by atoms with Crippen molar-refractivity contribution in [3.05, 3.63) is 207 Å². The maximum Gasteiger partial charge on any atom is 0.353 e. The predicted molar refractivity (Wildman–Crippen MR) is 327 cm³/mol. The number of hydrogen-bond donors (Lipinski definition) is 0. The first-order valence-corrected chi connectivity index (χ1v) is 32.3. The van der Waals surface area contributed by atoms with Crippen LogP contribution in [0, 0.1) is 0 Å². The van der Waals surface area contributed by atoms with Crippen LogP contribution in [0.1, 0.15) is 237 Å². The summed E-state index contributed by atoms with van der Waals surface area (Å²) in [7, 11) is 0. The van der Waals surface area contributed by atoms with Crippen molar-refractivity contribution in [3.8, 4) is 23.0 Å². The van der Waals surface area contributed by atoms with E-state index in [9.17, 15) is 19.2 Å². The van der Waals surface area contributed by atoms with Gasteiger partial charge in [-0.15, -0.1) is 45.3 Å². The number of ether oxygens (including phenoxy) is 4. The summed E-state index contributed by atoms with van der Waals surface area (Å²) in [5, 5.41) is 7.47. The van der Waals surface area contributed by atoms with Crippen LogP contribution in [0.15, 0.2) is 143 Å². The summed E-state index contributed by atoms with van der Waals surface area (Å²) < 4.78 is 26.4. The highest BCUT2D eigenvalue weighted by Crippen LogP contribution is 2.49. The molecule has 4 aromatic heterocycles. The Balaban J connectivity index is 1.36. The molecule has 8 nitrogen and oxygen atoms in total. The molecule has 1 aliphatic carbocycles. The predicted octanol–water partition coefficient (Wildman–Crippen LogP) is 20.0. The number of fused-ring (bicyclic) bond motifs is 8. The number of unbranched alkanes of at least 4 members (excludes halogenated alkanes) is 8.